The van der Waals surface area contributed by atoms with Crippen LogP contribution in [-0.4, -0.2) is 32.7 Å². The molecule has 0 bridgehead atoms. The van der Waals surface area contributed by atoms with Crippen LogP contribution in [-0.2, 0) is 9.53 Å². The van der Waals surface area contributed by atoms with E-state index in [9.17, 15) is 4.79 Å². The first-order valence-corrected chi connectivity index (χ1v) is 6.18. The molecular formula is C13H22N2O3. The highest BCUT2D eigenvalue weighted by molar-refractivity contribution is 5.78. The molecule has 1 aromatic heterocycles. The third kappa shape index (κ3) is 5.33. The quantitative estimate of drug-likeness (QED) is 0.734. The van der Waals surface area contributed by atoms with Gasteiger partial charge in [-0.3, -0.25) is 4.79 Å². The monoisotopic (exact) mass is 254 g/mol. The van der Waals surface area contributed by atoms with Gasteiger partial charge < -0.3 is 19.8 Å². The van der Waals surface area contributed by atoms with E-state index in [1.807, 2.05) is 6.07 Å². The number of nitrogens with one attached hydrogen (secondary N) is 2. The highest BCUT2D eigenvalue weighted by Crippen LogP contribution is 2.14. The maximum Gasteiger partial charge on any atom is 0.234 e. The Morgan fingerprint density at radius 1 is 1.44 bits per heavy atom. The van der Waals surface area contributed by atoms with E-state index in [4.69, 9.17) is 9.15 Å². The molecule has 0 saturated heterocycles. The van der Waals surface area contributed by atoms with Gasteiger partial charge in [-0.2, -0.15) is 0 Å². The van der Waals surface area contributed by atoms with Gasteiger partial charge in [0.05, 0.1) is 19.4 Å². The predicted molar refractivity (Wildman–Crippen MR) is 69.2 cm³/mol. The molecule has 0 aromatic carbocycles. The molecule has 0 aliphatic carbocycles. The molecule has 1 amide bonds. The maximum absolute atomic E-state index is 11.6. The second-order valence-electron chi connectivity index (χ2n) is 4.60. The zero-order valence-electron chi connectivity index (χ0n) is 11.2. The van der Waals surface area contributed by atoms with E-state index in [0.29, 0.717) is 24.9 Å². The Balaban J connectivity index is 2.50. The highest BCUT2D eigenvalue weighted by atomic mass is 16.5. The van der Waals surface area contributed by atoms with E-state index in [2.05, 4.69) is 24.5 Å². The average molecular weight is 254 g/mol. The summed E-state index contributed by atoms with van der Waals surface area (Å²) >= 11 is 0. The number of likely N-dealkylation sites (N-methyl/N-ethyl adjacent to an activating group) is 1. The van der Waals surface area contributed by atoms with Gasteiger partial charge in [0.1, 0.15) is 11.8 Å². The van der Waals surface area contributed by atoms with Crippen molar-refractivity contribution in [3.63, 3.8) is 0 Å². The molecule has 0 aliphatic heterocycles. The number of hydrogen-bond acceptors (Lipinski definition) is 4. The van der Waals surface area contributed by atoms with Crippen LogP contribution in [0.2, 0.25) is 0 Å². The van der Waals surface area contributed by atoms with Gasteiger partial charge in [-0.15, -0.1) is 0 Å². The van der Waals surface area contributed by atoms with Crippen LogP contribution >= 0.6 is 0 Å². The van der Waals surface area contributed by atoms with E-state index in [1.165, 1.54) is 0 Å². The SMILES string of the molecule is CNCC(=O)NC(COCC(C)C)c1ccco1. The molecule has 0 radical (unpaired) electrons. The third-order valence-corrected chi connectivity index (χ3v) is 2.29. The van der Waals surface area contributed by atoms with Gasteiger partial charge in [0.15, 0.2) is 0 Å². The summed E-state index contributed by atoms with van der Waals surface area (Å²) in [5, 5.41) is 5.68. The van der Waals surface area contributed by atoms with Gasteiger partial charge in [0.2, 0.25) is 5.91 Å². The fourth-order valence-electron chi connectivity index (χ4n) is 1.51. The smallest absolute Gasteiger partial charge is 0.234 e. The summed E-state index contributed by atoms with van der Waals surface area (Å²) in [6.45, 7) is 5.53. The Morgan fingerprint density at radius 2 is 2.22 bits per heavy atom. The molecule has 102 valence electrons. The molecule has 0 fully saturated rings. The van der Waals surface area contributed by atoms with Crippen molar-refractivity contribution >= 4 is 5.91 Å². The number of carbonyl (C=O) groups excluding carboxylic acids is 1. The predicted octanol–water partition coefficient (Wildman–Crippen LogP) is 1.33. The van der Waals surface area contributed by atoms with Crippen LogP contribution < -0.4 is 10.6 Å². The summed E-state index contributed by atoms with van der Waals surface area (Å²) < 4.78 is 10.9. The molecular weight excluding hydrogens is 232 g/mol. The number of furan rings is 1. The molecule has 0 saturated carbocycles. The number of hydrogen-bond donors (Lipinski definition) is 2. The van der Waals surface area contributed by atoms with Crippen molar-refractivity contribution in [2.24, 2.45) is 5.92 Å². The lowest BCUT2D eigenvalue weighted by Crippen LogP contribution is -2.37. The molecule has 1 rings (SSSR count). The molecule has 1 heterocycles. The molecule has 1 atom stereocenters. The summed E-state index contributed by atoms with van der Waals surface area (Å²) in [4.78, 5) is 11.6. The normalized spacial score (nSPS) is 12.7. The van der Waals surface area contributed by atoms with E-state index >= 15 is 0 Å². The molecule has 5 heteroatoms. The van der Waals surface area contributed by atoms with Crippen molar-refractivity contribution in [3.8, 4) is 0 Å². The second kappa shape index (κ2) is 7.89. The van der Waals surface area contributed by atoms with Crippen LogP contribution in [0.25, 0.3) is 0 Å². The highest BCUT2D eigenvalue weighted by Gasteiger charge is 2.17. The lowest BCUT2D eigenvalue weighted by molar-refractivity contribution is -0.121. The Kier molecular flexibility index (Phi) is 6.46. The zero-order chi connectivity index (χ0) is 13.4. The lowest BCUT2D eigenvalue weighted by Gasteiger charge is -2.17. The van der Waals surface area contributed by atoms with Gasteiger partial charge in [-0.25, -0.2) is 0 Å². The number of rotatable bonds is 8. The summed E-state index contributed by atoms with van der Waals surface area (Å²) in [6.07, 6.45) is 1.59. The number of ether oxygens (including phenoxy) is 1. The van der Waals surface area contributed by atoms with Crippen LogP contribution in [0.5, 0.6) is 0 Å². The van der Waals surface area contributed by atoms with E-state index in [1.54, 1.807) is 19.4 Å². The zero-order valence-corrected chi connectivity index (χ0v) is 11.2. The summed E-state index contributed by atoms with van der Waals surface area (Å²) in [5.41, 5.74) is 0. The molecule has 1 unspecified atom stereocenters. The van der Waals surface area contributed by atoms with Gasteiger partial charge in [0, 0.05) is 6.61 Å². The molecule has 5 nitrogen and oxygen atoms in total. The van der Waals surface area contributed by atoms with Crippen LogP contribution in [0.3, 0.4) is 0 Å². The minimum absolute atomic E-state index is 0.0768. The van der Waals surface area contributed by atoms with Crippen molar-refractivity contribution < 1.29 is 13.9 Å². The third-order valence-electron chi connectivity index (χ3n) is 2.29. The van der Waals surface area contributed by atoms with Gasteiger partial charge >= 0.3 is 0 Å². The first-order chi connectivity index (χ1) is 8.63. The van der Waals surface area contributed by atoms with Crippen molar-refractivity contribution in [1.82, 2.24) is 10.6 Å². The number of amides is 1. The Hall–Kier alpha value is -1.33. The van der Waals surface area contributed by atoms with E-state index < -0.39 is 0 Å². The molecule has 0 aliphatic rings. The second-order valence-corrected chi connectivity index (χ2v) is 4.60. The van der Waals surface area contributed by atoms with Crippen molar-refractivity contribution in [1.29, 1.82) is 0 Å². The Labute approximate surface area is 108 Å². The molecule has 18 heavy (non-hydrogen) atoms. The van der Waals surface area contributed by atoms with Crippen molar-refractivity contribution in [2.45, 2.75) is 19.9 Å². The fourth-order valence-corrected chi connectivity index (χ4v) is 1.51. The van der Waals surface area contributed by atoms with Crippen molar-refractivity contribution in [2.75, 3.05) is 26.8 Å². The lowest BCUT2D eigenvalue weighted by atomic mass is 10.2. The van der Waals surface area contributed by atoms with Gasteiger partial charge in [-0.05, 0) is 25.1 Å². The largest absolute Gasteiger partial charge is 0.467 e. The van der Waals surface area contributed by atoms with Crippen molar-refractivity contribution in [3.05, 3.63) is 24.2 Å². The topological polar surface area (TPSA) is 63.5 Å². The minimum Gasteiger partial charge on any atom is -0.467 e. The maximum atomic E-state index is 11.6. The Bertz CT molecular complexity index is 336. The van der Waals surface area contributed by atoms with E-state index in [-0.39, 0.29) is 18.5 Å². The first-order valence-electron chi connectivity index (χ1n) is 6.18. The molecule has 1 aromatic rings. The Morgan fingerprint density at radius 3 is 2.78 bits per heavy atom. The fraction of sp³-hybridized carbons (Fsp3) is 0.615. The standard InChI is InChI=1S/C13H22N2O3/c1-10(2)8-17-9-11(12-5-4-6-18-12)15-13(16)7-14-3/h4-6,10-11,14H,7-9H2,1-3H3,(H,15,16). The number of carbonyl (C=O) groups is 1. The first kappa shape index (κ1) is 14.7. The molecule has 2 N–H and O–H groups in total. The van der Waals surface area contributed by atoms with Crippen LogP contribution in [0.15, 0.2) is 22.8 Å². The summed E-state index contributed by atoms with van der Waals surface area (Å²) in [7, 11) is 1.73. The summed E-state index contributed by atoms with van der Waals surface area (Å²) in [5.74, 6) is 1.10. The van der Waals surface area contributed by atoms with Crippen LogP contribution in [0.4, 0.5) is 0 Å². The van der Waals surface area contributed by atoms with Crippen LogP contribution in [0, 0.1) is 5.92 Å². The van der Waals surface area contributed by atoms with Crippen LogP contribution in [0.1, 0.15) is 25.6 Å². The summed E-state index contributed by atoms with van der Waals surface area (Å²) in [6, 6.07) is 3.40. The molecule has 0 spiro atoms. The average Bonchev–Trinajstić information content (AvgIpc) is 2.81. The van der Waals surface area contributed by atoms with Gasteiger partial charge in [-0.1, -0.05) is 13.8 Å². The minimum atomic E-state index is -0.236. The van der Waals surface area contributed by atoms with E-state index in [0.717, 1.165) is 0 Å². The van der Waals surface area contributed by atoms with Gasteiger partial charge in [0.25, 0.3) is 0 Å².